The maximum Gasteiger partial charge on any atom is 0.318 e. The van der Waals surface area contributed by atoms with Crippen LogP contribution >= 0.6 is 0 Å². The van der Waals surface area contributed by atoms with E-state index in [0.717, 1.165) is 29.9 Å². The summed E-state index contributed by atoms with van der Waals surface area (Å²) in [6.07, 6.45) is 1.81. The molecule has 128 valence electrons. The summed E-state index contributed by atoms with van der Waals surface area (Å²) in [6.45, 7) is 5.18. The van der Waals surface area contributed by atoms with Gasteiger partial charge in [0.1, 0.15) is 5.82 Å². The number of hydrogen-bond donors (Lipinski definition) is 1. The molecule has 2 heterocycles. The van der Waals surface area contributed by atoms with E-state index >= 15 is 0 Å². The number of nitrogens with zero attached hydrogens (tertiary/aromatic N) is 2. The average Bonchev–Trinajstić information content (AvgIpc) is 3.22. The number of halogens is 1. The third-order valence-corrected chi connectivity index (χ3v) is 4.34. The summed E-state index contributed by atoms with van der Waals surface area (Å²) in [4.78, 5) is 14.3. The summed E-state index contributed by atoms with van der Waals surface area (Å²) in [5.41, 5.74) is 1.77. The summed E-state index contributed by atoms with van der Waals surface area (Å²) in [6, 6.07) is 7.86. The zero-order chi connectivity index (χ0) is 17.1. The first-order valence-electron chi connectivity index (χ1n) is 8.30. The van der Waals surface area contributed by atoms with Crippen LogP contribution in [0, 0.1) is 5.82 Å². The standard InChI is InChI=1S/C18H22FN3O2/c1-12(2)15-10-17(24-21-15)16-4-3-9-22(16)18(23)20-11-13-5-7-14(19)8-6-13/h5-8,10,12,16H,3-4,9,11H2,1-2H3,(H,20,23)/t16-/m1/s1. The van der Waals surface area contributed by atoms with Crippen LogP contribution in [0.25, 0.3) is 0 Å². The fraction of sp³-hybridized carbons (Fsp3) is 0.444. The van der Waals surface area contributed by atoms with Gasteiger partial charge in [-0.05, 0) is 36.5 Å². The summed E-state index contributed by atoms with van der Waals surface area (Å²) < 4.78 is 18.4. The first kappa shape index (κ1) is 16.5. The molecule has 0 spiro atoms. The fourth-order valence-corrected chi connectivity index (χ4v) is 2.92. The average molecular weight is 331 g/mol. The first-order valence-corrected chi connectivity index (χ1v) is 8.30. The molecule has 1 N–H and O–H groups in total. The smallest absolute Gasteiger partial charge is 0.318 e. The van der Waals surface area contributed by atoms with Crippen LogP contribution in [0.5, 0.6) is 0 Å². The lowest BCUT2D eigenvalue weighted by atomic mass is 10.1. The molecule has 5 nitrogen and oxygen atoms in total. The Balaban J connectivity index is 1.63. The number of rotatable bonds is 4. The van der Waals surface area contributed by atoms with Crippen LogP contribution in [-0.2, 0) is 6.54 Å². The van der Waals surface area contributed by atoms with Crippen molar-refractivity contribution in [2.45, 2.75) is 45.2 Å². The second-order valence-corrected chi connectivity index (χ2v) is 6.45. The molecule has 0 bridgehead atoms. The van der Waals surface area contributed by atoms with Gasteiger partial charge in [0, 0.05) is 19.2 Å². The minimum Gasteiger partial charge on any atom is -0.359 e. The quantitative estimate of drug-likeness (QED) is 0.922. The van der Waals surface area contributed by atoms with Crippen LogP contribution in [0.3, 0.4) is 0 Å². The molecule has 24 heavy (non-hydrogen) atoms. The van der Waals surface area contributed by atoms with E-state index in [-0.39, 0.29) is 17.9 Å². The maximum atomic E-state index is 12.9. The Morgan fingerprint density at radius 3 is 2.83 bits per heavy atom. The van der Waals surface area contributed by atoms with Crippen molar-refractivity contribution in [2.24, 2.45) is 0 Å². The van der Waals surface area contributed by atoms with Crippen molar-refractivity contribution in [3.63, 3.8) is 0 Å². The Morgan fingerprint density at radius 2 is 2.17 bits per heavy atom. The summed E-state index contributed by atoms with van der Waals surface area (Å²) in [7, 11) is 0. The molecule has 0 unspecified atom stereocenters. The van der Waals surface area contributed by atoms with E-state index in [4.69, 9.17) is 4.52 Å². The van der Waals surface area contributed by atoms with E-state index in [1.165, 1.54) is 12.1 Å². The summed E-state index contributed by atoms with van der Waals surface area (Å²) in [5.74, 6) is 0.758. The van der Waals surface area contributed by atoms with E-state index in [1.54, 1.807) is 17.0 Å². The fourth-order valence-electron chi connectivity index (χ4n) is 2.92. The molecule has 0 saturated carbocycles. The predicted molar refractivity (Wildman–Crippen MR) is 87.9 cm³/mol. The molecule has 1 aliphatic rings. The molecule has 1 fully saturated rings. The van der Waals surface area contributed by atoms with Gasteiger partial charge in [-0.1, -0.05) is 31.1 Å². The number of benzene rings is 1. The summed E-state index contributed by atoms with van der Waals surface area (Å²) in [5, 5.41) is 6.98. The zero-order valence-corrected chi connectivity index (χ0v) is 14.0. The van der Waals surface area contributed by atoms with Crippen LogP contribution in [0.4, 0.5) is 9.18 Å². The van der Waals surface area contributed by atoms with Gasteiger partial charge < -0.3 is 14.7 Å². The topological polar surface area (TPSA) is 58.4 Å². The van der Waals surface area contributed by atoms with Crippen molar-refractivity contribution in [3.8, 4) is 0 Å². The van der Waals surface area contributed by atoms with Gasteiger partial charge in [0.15, 0.2) is 5.76 Å². The lowest BCUT2D eigenvalue weighted by Gasteiger charge is -2.23. The number of urea groups is 1. The van der Waals surface area contributed by atoms with E-state index in [1.807, 2.05) is 6.07 Å². The van der Waals surface area contributed by atoms with E-state index < -0.39 is 0 Å². The van der Waals surface area contributed by atoms with Gasteiger partial charge in [-0.25, -0.2) is 9.18 Å². The molecular formula is C18H22FN3O2. The van der Waals surface area contributed by atoms with Gasteiger partial charge in [0.2, 0.25) is 0 Å². The van der Waals surface area contributed by atoms with Gasteiger partial charge in [-0.2, -0.15) is 0 Å². The zero-order valence-electron chi connectivity index (χ0n) is 14.0. The molecule has 1 aliphatic heterocycles. The number of likely N-dealkylation sites (tertiary alicyclic amines) is 1. The van der Waals surface area contributed by atoms with Crippen molar-refractivity contribution >= 4 is 6.03 Å². The second-order valence-electron chi connectivity index (χ2n) is 6.45. The molecule has 0 radical (unpaired) electrons. The third kappa shape index (κ3) is 3.58. The Labute approximate surface area is 140 Å². The van der Waals surface area contributed by atoms with Crippen LogP contribution in [0.15, 0.2) is 34.9 Å². The predicted octanol–water partition coefficient (Wildman–Crippen LogP) is 3.98. The van der Waals surface area contributed by atoms with E-state index in [0.29, 0.717) is 19.0 Å². The van der Waals surface area contributed by atoms with Crippen molar-refractivity contribution in [2.75, 3.05) is 6.54 Å². The molecule has 1 atom stereocenters. The normalized spacial score (nSPS) is 17.5. The lowest BCUT2D eigenvalue weighted by Crippen LogP contribution is -2.39. The van der Waals surface area contributed by atoms with Crippen LogP contribution in [-0.4, -0.2) is 22.6 Å². The molecular weight excluding hydrogens is 309 g/mol. The van der Waals surface area contributed by atoms with Gasteiger partial charge in [-0.15, -0.1) is 0 Å². The highest BCUT2D eigenvalue weighted by molar-refractivity contribution is 5.75. The van der Waals surface area contributed by atoms with Crippen molar-refractivity contribution < 1.29 is 13.7 Å². The molecule has 1 aromatic heterocycles. The molecule has 0 aliphatic carbocycles. The SMILES string of the molecule is CC(C)c1cc([C@H]2CCCN2C(=O)NCc2ccc(F)cc2)on1. The largest absolute Gasteiger partial charge is 0.359 e. The summed E-state index contributed by atoms with van der Waals surface area (Å²) >= 11 is 0. The highest BCUT2D eigenvalue weighted by Crippen LogP contribution is 2.33. The van der Waals surface area contributed by atoms with E-state index in [9.17, 15) is 9.18 Å². The van der Waals surface area contributed by atoms with Crippen molar-refractivity contribution in [1.29, 1.82) is 0 Å². The minimum absolute atomic E-state index is 0.0711. The number of nitrogens with one attached hydrogen (secondary N) is 1. The highest BCUT2D eigenvalue weighted by atomic mass is 19.1. The highest BCUT2D eigenvalue weighted by Gasteiger charge is 2.32. The number of hydrogen-bond acceptors (Lipinski definition) is 3. The molecule has 3 rings (SSSR count). The Hall–Kier alpha value is -2.37. The number of carbonyl (C=O) groups is 1. The monoisotopic (exact) mass is 331 g/mol. The van der Waals surface area contributed by atoms with Gasteiger partial charge >= 0.3 is 6.03 Å². The van der Waals surface area contributed by atoms with Gasteiger partial charge in [0.25, 0.3) is 0 Å². The molecule has 2 amide bonds. The number of amides is 2. The Morgan fingerprint density at radius 1 is 1.42 bits per heavy atom. The first-order chi connectivity index (χ1) is 11.5. The van der Waals surface area contributed by atoms with Crippen LogP contribution in [0.1, 0.15) is 55.7 Å². The van der Waals surface area contributed by atoms with Crippen LogP contribution < -0.4 is 5.32 Å². The maximum absolute atomic E-state index is 12.9. The van der Waals surface area contributed by atoms with Crippen molar-refractivity contribution in [1.82, 2.24) is 15.4 Å². The van der Waals surface area contributed by atoms with Crippen molar-refractivity contribution in [3.05, 3.63) is 53.2 Å². The third-order valence-electron chi connectivity index (χ3n) is 4.34. The molecule has 1 saturated heterocycles. The Kier molecular flexibility index (Phi) is 4.83. The lowest BCUT2D eigenvalue weighted by molar-refractivity contribution is 0.182. The van der Waals surface area contributed by atoms with Crippen LogP contribution in [0.2, 0.25) is 0 Å². The minimum atomic E-state index is -0.282. The Bertz CT molecular complexity index is 697. The molecule has 6 heteroatoms. The van der Waals surface area contributed by atoms with E-state index in [2.05, 4.69) is 24.3 Å². The number of aromatic nitrogens is 1. The second kappa shape index (κ2) is 7.03. The molecule has 1 aromatic carbocycles. The number of carbonyl (C=O) groups excluding carboxylic acids is 1. The molecule has 2 aromatic rings. The van der Waals surface area contributed by atoms with Gasteiger partial charge in [0.05, 0.1) is 11.7 Å². The van der Waals surface area contributed by atoms with Gasteiger partial charge in [-0.3, -0.25) is 0 Å².